The summed E-state index contributed by atoms with van der Waals surface area (Å²) in [5, 5.41) is 4.45. The van der Waals surface area contributed by atoms with Gasteiger partial charge in [-0.05, 0) is 23.6 Å². The number of thioether (sulfide) groups is 1. The fraction of sp³-hybridized carbons (Fsp3) is 0.421. The van der Waals surface area contributed by atoms with Crippen LogP contribution in [0.1, 0.15) is 11.1 Å². The Morgan fingerprint density at radius 2 is 1.81 bits per heavy atom. The first-order valence-electron chi connectivity index (χ1n) is 8.96. The molecule has 2 aliphatic heterocycles. The Bertz CT molecular complexity index is 861. The van der Waals surface area contributed by atoms with Gasteiger partial charge in [-0.3, -0.25) is 9.59 Å². The van der Waals surface area contributed by atoms with E-state index in [1.165, 1.54) is 21.9 Å². The van der Waals surface area contributed by atoms with Gasteiger partial charge < -0.3 is 9.80 Å². The molecule has 4 rings (SSSR count). The molecule has 0 aliphatic carbocycles. The summed E-state index contributed by atoms with van der Waals surface area (Å²) in [4.78, 5) is 28.9. The van der Waals surface area contributed by atoms with E-state index in [-0.39, 0.29) is 18.0 Å². The molecule has 2 aliphatic rings. The lowest BCUT2D eigenvalue weighted by molar-refractivity contribution is -0.133. The highest BCUT2D eigenvalue weighted by Gasteiger charge is 2.21. The molecule has 2 aromatic rings. The average Bonchev–Trinajstić information content (AvgIpc) is 2.70. The molecule has 0 radical (unpaired) electrons. The summed E-state index contributed by atoms with van der Waals surface area (Å²) < 4.78 is 1.31. The number of aromatic nitrogens is 2. The fourth-order valence-corrected chi connectivity index (χ4v) is 4.35. The smallest absolute Gasteiger partial charge is 0.267 e. The molecule has 136 valence electrons. The molecule has 0 spiro atoms. The summed E-state index contributed by atoms with van der Waals surface area (Å²) in [6, 6.07) is 11.5. The van der Waals surface area contributed by atoms with E-state index < -0.39 is 0 Å². The summed E-state index contributed by atoms with van der Waals surface area (Å²) in [6.07, 6.45) is 0.857. The van der Waals surface area contributed by atoms with Crippen LogP contribution in [0.5, 0.6) is 0 Å². The SMILES string of the molecule is O=C(Cn1nc(N2CCSCC2)ccc1=O)N1CCc2ccccc2C1. The van der Waals surface area contributed by atoms with Gasteiger partial charge in [-0.1, -0.05) is 24.3 Å². The molecule has 1 aromatic heterocycles. The van der Waals surface area contributed by atoms with Crippen molar-refractivity contribution in [3.63, 3.8) is 0 Å². The molecule has 1 aromatic carbocycles. The molecule has 3 heterocycles. The fourth-order valence-electron chi connectivity index (χ4n) is 3.45. The molecular formula is C19H22N4O2S. The van der Waals surface area contributed by atoms with Crippen molar-refractivity contribution < 1.29 is 4.79 Å². The first-order valence-corrected chi connectivity index (χ1v) is 10.1. The average molecular weight is 370 g/mol. The Balaban J connectivity index is 1.48. The zero-order valence-corrected chi connectivity index (χ0v) is 15.5. The number of fused-ring (bicyclic) bond motifs is 1. The molecule has 1 amide bonds. The number of anilines is 1. The van der Waals surface area contributed by atoms with E-state index in [4.69, 9.17) is 0 Å². The van der Waals surface area contributed by atoms with Gasteiger partial charge in [0.15, 0.2) is 0 Å². The highest BCUT2D eigenvalue weighted by atomic mass is 32.2. The Kier molecular flexibility index (Phi) is 4.97. The second-order valence-corrected chi connectivity index (χ2v) is 7.85. The zero-order valence-electron chi connectivity index (χ0n) is 14.6. The van der Waals surface area contributed by atoms with Crippen LogP contribution < -0.4 is 10.5 Å². The number of carbonyl (C=O) groups excluding carboxylic acids is 1. The summed E-state index contributed by atoms with van der Waals surface area (Å²) in [5.74, 6) is 2.85. The molecule has 0 bridgehead atoms. The second-order valence-electron chi connectivity index (χ2n) is 6.62. The van der Waals surface area contributed by atoms with Crippen LogP contribution in [-0.2, 0) is 24.3 Å². The van der Waals surface area contributed by atoms with Crippen molar-refractivity contribution in [2.45, 2.75) is 19.5 Å². The lowest BCUT2D eigenvalue weighted by atomic mass is 10.00. The lowest BCUT2D eigenvalue weighted by Crippen LogP contribution is -2.41. The summed E-state index contributed by atoms with van der Waals surface area (Å²) in [6.45, 7) is 3.14. The molecule has 1 fully saturated rings. The van der Waals surface area contributed by atoms with E-state index >= 15 is 0 Å². The summed E-state index contributed by atoms with van der Waals surface area (Å²) in [7, 11) is 0. The van der Waals surface area contributed by atoms with Gasteiger partial charge in [0.2, 0.25) is 5.91 Å². The number of benzene rings is 1. The normalized spacial score (nSPS) is 17.1. The highest BCUT2D eigenvalue weighted by molar-refractivity contribution is 7.99. The van der Waals surface area contributed by atoms with Crippen LogP contribution in [0, 0.1) is 0 Å². The molecule has 0 N–H and O–H groups in total. The van der Waals surface area contributed by atoms with Gasteiger partial charge in [-0.25, -0.2) is 4.68 Å². The maximum absolute atomic E-state index is 12.7. The van der Waals surface area contributed by atoms with Crippen LogP contribution in [0.3, 0.4) is 0 Å². The Hall–Kier alpha value is -2.28. The van der Waals surface area contributed by atoms with Crippen LogP contribution in [0.15, 0.2) is 41.2 Å². The number of nitrogens with zero attached hydrogens (tertiary/aromatic N) is 4. The number of hydrogen-bond acceptors (Lipinski definition) is 5. The van der Waals surface area contributed by atoms with Crippen molar-refractivity contribution in [3.05, 3.63) is 57.9 Å². The van der Waals surface area contributed by atoms with Gasteiger partial charge in [0.05, 0.1) is 0 Å². The minimum absolute atomic E-state index is 0.00255. The van der Waals surface area contributed by atoms with Crippen molar-refractivity contribution in [3.8, 4) is 0 Å². The first-order chi connectivity index (χ1) is 12.7. The molecular weight excluding hydrogens is 348 g/mol. The van der Waals surface area contributed by atoms with Crippen molar-refractivity contribution in [1.82, 2.24) is 14.7 Å². The van der Waals surface area contributed by atoms with Crippen molar-refractivity contribution >= 4 is 23.5 Å². The van der Waals surface area contributed by atoms with Gasteiger partial charge >= 0.3 is 0 Å². The van der Waals surface area contributed by atoms with E-state index in [0.717, 1.165) is 36.8 Å². The number of rotatable bonds is 3. The number of hydrogen-bond donors (Lipinski definition) is 0. The molecule has 0 saturated carbocycles. The third kappa shape index (κ3) is 3.62. The molecule has 1 saturated heterocycles. The molecule has 26 heavy (non-hydrogen) atoms. The summed E-state index contributed by atoms with van der Waals surface area (Å²) >= 11 is 1.93. The Morgan fingerprint density at radius 1 is 1.04 bits per heavy atom. The second kappa shape index (κ2) is 7.53. The van der Waals surface area contributed by atoms with Gasteiger partial charge in [0, 0.05) is 43.8 Å². The molecule has 0 unspecified atom stereocenters. The Morgan fingerprint density at radius 3 is 2.62 bits per heavy atom. The third-order valence-electron chi connectivity index (χ3n) is 4.96. The van der Waals surface area contributed by atoms with Crippen LogP contribution in [0.4, 0.5) is 5.82 Å². The van der Waals surface area contributed by atoms with E-state index in [9.17, 15) is 9.59 Å². The number of amides is 1. The predicted octanol–water partition coefficient (Wildman–Crippen LogP) is 1.38. The van der Waals surface area contributed by atoms with Crippen LogP contribution in [0.25, 0.3) is 0 Å². The van der Waals surface area contributed by atoms with Gasteiger partial charge in [0.25, 0.3) is 5.56 Å². The van der Waals surface area contributed by atoms with Crippen molar-refractivity contribution in [2.24, 2.45) is 0 Å². The highest BCUT2D eigenvalue weighted by Crippen LogP contribution is 2.19. The molecule has 0 atom stereocenters. The largest absolute Gasteiger partial charge is 0.354 e. The van der Waals surface area contributed by atoms with Crippen molar-refractivity contribution in [2.75, 3.05) is 36.0 Å². The van der Waals surface area contributed by atoms with E-state index in [0.29, 0.717) is 13.1 Å². The van der Waals surface area contributed by atoms with E-state index in [1.807, 2.05) is 28.8 Å². The van der Waals surface area contributed by atoms with Crippen LogP contribution >= 0.6 is 11.8 Å². The van der Waals surface area contributed by atoms with Gasteiger partial charge in [-0.15, -0.1) is 0 Å². The van der Waals surface area contributed by atoms with Crippen LogP contribution in [-0.4, -0.2) is 51.7 Å². The molecule has 7 heteroatoms. The first kappa shape index (κ1) is 17.1. The standard InChI is InChI=1S/C19H22N4O2S/c24-18-6-5-17(21-9-11-26-12-10-21)20-23(18)14-19(25)22-8-7-15-3-1-2-4-16(15)13-22/h1-6H,7-14H2. The monoisotopic (exact) mass is 370 g/mol. The lowest BCUT2D eigenvalue weighted by Gasteiger charge is -2.29. The van der Waals surface area contributed by atoms with Gasteiger partial charge in [-0.2, -0.15) is 16.9 Å². The van der Waals surface area contributed by atoms with Crippen LogP contribution in [0.2, 0.25) is 0 Å². The molecule has 6 nitrogen and oxygen atoms in total. The quantitative estimate of drug-likeness (QED) is 0.817. The third-order valence-corrected chi connectivity index (χ3v) is 5.90. The maximum atomic E-state index is 12.7. The Labute approximate surface area is 156 Å². The zero-order chi connectivity index (χ0) is 17.9. The number of carbonyl (C=O) groups is 1. The minimum Gasteiger partial charge on any atom is -0.354 e. The minimum atomic E-state index is -0.231. The predicted molar refractivity (Wildman–Crippen MR) is 104 cm³/mol. The maximum Gasteiger partial charge on any atom is 0.267 e. The van der Waals surface area contributed by atoms with Crippen molar-refractivity contribution in [1.29, 1.82) is 0 Å². The van der Waals surface area contributed by atoms with E-state index in [1.54, 1.807) is 6.07 Å². The summed E-state index contributed by atoms with van der Waals surface area (Å²) in [5.41, 5.74) is 2.26. The topological polar surface area (TPSA) is 58.4 Å². The van der Waals surface area contributed by atoms with Gasteiger partial charge in [0.1, 0.15) is 12.4 Å². The van der Waals surface area contributed by atoms with E-state index in [2.05, 4.69) is 22.1 Å².